The van der Waals surface area contributed by atoms with Gasteiger partial charge in [-0.2, -0.15) is 0 Å². The van der Waals surface area contributed by atoms with Gasteiger partial charge in [0.2, 0.25) is 0 Å². The Labute approximate surface area is 77.3 Å². The summed E-state index contributed by atoms with van der Waals surface area (Å²) in [7, 11) is -0.337. The van der Waals surface area contributed by atoms with Crippen molar-refractivity contribution in [3.05, 3.63) is 12.5 Å². The number of hydrogen-bond donors (Lipinski definition) is 0. The molecule has 0 aliphatic carbocycles. The second kappa shape index (κ2) is 2.85. The van der Waals surface area contributed by atoms with Gasteiger partial charge in [0.25, 0.3) is 0 Å². The number of aromatic nitrogens is 1. The fraction of sp³-hybridized carbons (Fsp3) is 0.625. The Hall–Kier alpha value is -0.805. The van der Waals surface area contributed by atoms with E-state index in [1.54, 1.807) is 12.5 Å². The maximum absolute atomic E-state index is 5.68. The lowest BCUT2D eigenvalue weighted by Crippen LogP contribution is -2.33. The lowest BCUT2D eigenvalue weighted by Gasteiger charge is -2.21. The molecule has 2 rings (SSSR count). The molecule has 4 nitrogen and oxygen atoms in total. The Bertz CT molecular complexity index is 286. The summed E-state index contributed by atoms with van der Waals surface area (Å²) in [6.45, 7) is 6.00. The first kappa shape index (κ1) is 8.78. The van der Waals surface area contributed by atoms with Crippen molar-refractivity contribution < 1.29 is 13.8 Å². The second-order valence-electron chi connectivity index (χ2n) is 3.79. The highest BCUT2D eigenvalue weighted by Gasteiger charge is 2.44. The standard InChI is InChI=1S/C8H12BNO3/c1-6-8(2,3)13-9(12-6)7-4-10-11-5-7/h4-6H,1-3H3. The molecule has 0 saturated carbocycles. The molecular weight excluding hydrogens is 169 g/mol. The summed E-state index contributed by atoms with van der Waals surface area (Å²) in [4.78, 5) is 0. The summed E-state index contributed by atoms with van der Waals surface area (Å²) in [5.41, 5.74) is 0.583. The molecular formula is C8H12BNO3. The Balaban J connectivity index is 2.15. The molecule has 0 aromatic carbocycles. The fourth-order valence-corrected chi connectivity index (χ4v) is 1.22. The molecule has 2 heterocycles. The summed E-state index contributed by atoms with van der Waals surface area (Å²) in [5, 5.41) is 3.60. The quantitative estimate of drug-likeness (QED) is 0.594. The van der Waals surface area contributed by atoms with E-state index < -0.39 is 0 Å². The van der Waals surface area contributed by atoms with Crippen molar-refractivity contribution in [1.29, 1.82) is 0 Å². The van der Waals surface area contributed by atoms with Gasteiger partial charge in [-0.3, -0.25) is 0 Å². The maximum atomic E-state index is 5.68. The highest BCUT2D eigenvalue weighted by molar-refractivity contribution is 6.61. The van der Waals surface area contributed by atoms with Gasteiger partial charge in [0.15, 0.2) is 0 Å². The topological polar surface area (TPSA) is 44.5 Å². The molecule has 1 fully saturated rings. The van der Waals surface area contributed by atoms with Crippen molar-refractivity contribution in [3.63, 3.8) is 0 Å². The van der Waals surface area contributed by atoms with Crippen LogP contribution in [0.2, 0.25) is 0 Å². The molecule has 5 heteroatoms. The molecule has 1 saturated heterocycles. The molecule has 0 N–H and O–H groups in total. The zero-order valence-electron chi connectivity index (χ0n) is 7.98. The van der Waals surface area contributed by atoms with Gasteiger partial charge in [-0.1, -0.05) is 5.16 Å². The first-order chi connectivity index (χ1) is 6.09. The molecule has 0 amide bonds. The van der Waals surface area contributed by atoms with Gasteiger partial charge < -0.3 is 13.8 Å². The first-order valence-corrected chi connectivity index (χ1v) is 4.32. The highest BCUT2D eigenvalue weighted by Crippen LogP contribution is 2.26. The molecule has 1 atom stereocenters. The van der Waals surface area contributed by atoms with Crippen LogP contribution in [-0.2, 0) is 9.31 Å². The first-order valence-electron chi connectivity index (χ1n) is 4.32. The van der Waals surface area contributed by atoms with E-state index in [4.69, 9.17) is 13.8 Å². The fourth-order valence-electron chi connectivity index (χ4n) is 1.22. The van der Waals surface area contributed by atoms with Gasteiger partial charge in [-0.05, 0) is 20.8 Å². The third-order valence-corrected chi connectivity index (χ3v) is 2.44. The van der Waals surface area contributed by atoms with E-state index in [9.17, 15) is 0 Å². The van der Waals surface area contributed by atoms with Crippen LogP contribution in [0.5, 0.6) is 0 Å². The van der Waals surface area contributed by atoms with Crippen LogP contribution in [0.15, 0.2) is 17.0 Å². The van der Waals surface area contributed by atoms with E-state index in [1.807, 2.05) is 20.8 Å². The van der Waals surface area contributed by atoms with E-state index in [0.717, 1.165) is 5.46 Å². The van der Waals surface area contributed by atoms with Gasteiger partial charge in [-0.15, -0.1) is 0 Å². The summed E-state index contributed by atoms with van der Waals surface area (Å²) in [6, 6.07) is 0. The van der Waals surface area contributed by atoms with Gasteiger partial charge in [0.05, 0.1) is 17.9 Å². The van der Waals surface area contributed by atoms with E-state index in [-0.39, 0.29) is 18.8 Å². The SMILES string of the molecule is CC1OB(c2cnoc2)OC1(C)C. The third-order valence-electron chi connectivity index (χ3n) is 2.44. The molecule has 1 unspecified atom stereocenters. The smallest absolute Gasteiger partial charge is 0.402 e. The molecule has 70 valence electrons. The Morgan fingerprint density at radius 3 is 2.77 bits per heavy atom. The predicted molar refractivity (Wildman–Crippen MR) is 47.6 cm³/mol. The Kier molecular flexibility index (Phi) is 1.93. The van der Waals surface area contributed by atoms with Crippen LogP contribution < -0.4 is 5.46 Å². The minimum Gasteiger partial charge on any atom is -0.402 e. The Morgan fingerprint density at radius 2 is 2.31 bits per heavy atom. The van der Waals surface area contributed by atoms with Crippen molar-refractivity contribution in [2.45, 2.75) is 32.5 Å². The molecule has 0 radical (unpaired) electrons. The number of hydrogen-bond acceptors (Lipinski definition) is 4. The zero-order valence-corrected chi connectivity index (χ0v) is 7.98. The molecule has 0 spiro atoms. The minimum absolute atomic E-state index is 0.0763. The maximum Gasteiger partial charge on any atom is 0.499 e. The van der Waals surface area contributed by atoms with Crippen LogP contribution in [0.3, 0.4) is 0 Å². The molecule has 0 bridgehead atoms. The van der Waals surface area contributed by atoms with Crippen molar-refractivity contribution in [3.8, 4) is 0 Å². The molecule has 1 aliphatic rings. The van der Waals surface area contributed by atoms with Gasteiger partial charge >= 0.3 is 7.12 Å². The summed E-state index contributed by atoms with van der Waals surface area (Å²) < 4.78 is 16.0. The molecule has 1 aliphatic heterocycles. The van der Waals surface area contributed by atoms with Crippen molar-refractivity contribution >= 4 is 12.6 Å². The van der Waals surface area contributed by atoms with E-state index >= 15 is 0 Å². The van der Waals surface area contributed by atoms with Gasteiger partial charge in [0, 0.05) is 5.46 Å². The average molecular weight is 181 g/mol. The highest BCUT2D eigenvalue weighted by atomic mass is 16.7. The van der Waals surface area contributed by atoms with Crippen LogP contribution in [0.1, 0.15) is 20.8 Å². The van der Waals surface area contributed by atoms with Crippen molar-refractivity contribution in [2.75, 3.05) is 0 Å². The Morgan fingerprint density at radius 1 is 1.54 bits per heavy atom. The molecule has 1 aromatic rings. The third kappa shape index (κ3) is 1.49. The summed E-state index contributed by atoms with van der Waals surface area (Å²) >= 11 is 0. The van der Waals surface area contributed by atoms with Gasteiger partial charge in [0.1, 0.15) is 6.26 Å². The second-order valence-corrected chi connectivity index (χ2v) is 3.79. The lowest BCUT2D eigenvalue weighted by molar-refractivity contribution is 0.0842. The number of nitrogens with zero attached hydrogens (tertiary/aromatic N) is 1. The van der Waals surface area contributed by atoms with E-state index in [1.165, 1.54) is 0 Å². The van der Waals surface area contributed by atoms with Crippen LogP contribution in [-0.4, -0.2) is 24.0 Å². The molecule has 13 heavy (non-hydrogen) atoms. The summed E-state index contributed by atoms with van der Waals surface area (Å²) in [6.07, 6.45) is 3.23. The number of rotatable bonds is 1. The van der Waals surface area contributed by atoms with Crippen molar-refractivity contribution in [2.24, 2.45) is 0 Å². The van der Waals surface area contributed by atoms with Crippen molar-refractivity contribution in [1.82, 2.24) is 5.16 Å². The van der Waals surface area contributed by atoms with Crippen LogP contribution in [0.4, 0.5) is 0 Å². The predicted octanol–water partition coefficient (Wildman–Crippen LogP) is 0.584. The van der Waals surface area contributed by atoms with E-state index in [2.05, 4.69) is 5.16 Å². The average Bonchev–Trinajstić information content (AvgIpc) is 2.60. The van der Waals surface area contributed by atoms with Crippen LogP contribution in [0.25, 0.3) is 0 Å². The lowest BCUT2D eigenvalue weighted by atomic mass is 9.82. The minimum atomic E-state index is -0.337. The van der Waals surface area contributed by atoms with Crippen LogP contribution in [0, 0.1) is 0 Å². The normalized spacial score (nSPS) is 26.7. The van der Waals surface area contributed by atoms with Gasteiger partial charge in [-0.25, -0.2) is 0 Å². The largest absolute Gasteiger partial charge is 0.499 e. The van der Waals surface area contributed by atoms with E-state index in [0.29, 0.717) is 0 Å². The van der Waals surface area contributed by atoms with Crippen LogP contribution >= 0.6 is 0 Å². The molecule has 1 aromatic heterocycles. The summed E-state index contributed by atoms with van der Waals surface area (Å²) in [5.74, 6) is 0. The monoisotopic (exact) mass is 181 g/mol. The zero-order chi connectivity index (χ0) is 9.47.